The second-order valence-corrected chi connectivity index (χ2v) is 4.31. The fraction of sp³-hybridized carbons (Fsp3) is 0.231. The molecule has 0 saturated heterocycles. The molecule has 2 N–H and O–H groups in total. The zero-order valence-electron chi connectivity index (χ0n) is 10.4. The van der Waals surface area contributed by atoms with Crippen LogP contribution in [0.2, 0.25) is 0 Å². The van der Waals surface area contributed by atoms with Gasteiger partial charge in [-0.25, -0.2) is 4.98 Å². The minimum atomic E-state index is -4.34. The highest BCUT2D eigenvalue weighted by Gasteiger charge is 2.29. The number of amides is 1. The van der Waals surface area contributed by atoms with Gasteiger partial charge in [0.25, 0.3) is 0 Å². The fourth-order valence-corrected chi connectivity index (χ4v) is 1.81. The van der Waals surface area contributed by atoms with E-state index >= 15 is 0 Å². The maximum absolute atomic E-state index is 12.4. The summed E-state index contributed by atoms with van der Waals surface area (Å²) in [6.07, 6.45) is -0.895. The van der Waals surface area contributed by atoms with E-state index < -0.39 is 17.6 Å². The number of alkyl halides is 3. The van der Waals surface area contributed by atoms with Crippen LogP contribution in [0.5, 0.6) is 0 Å². The third kappa shape index (κ3) is 3.37. The minimum absolute atomic E-state index is 0.00400. The van der Waals surface area contributed by atoms with E-state index in [1.807, 2.05) is 0 Å². The molecule has 0 fully saturated rings. The zero-order valence-corrected chi connectivity index (χ0v) is 10.4. The van der Waals surface area contributed by atoms with Crippen LogP contribution >= 0.6 is 0 Å². The monoisotopic (exact) mass is 283 g/mol. The molecule has 2 aromatic rings. The van der Waals surface area contributed by atoms with Gasteiger partial charge in [0.2, 0.25) is 5.91 Å². The Labute approximate surface area is 113 Å². The van der Waals surface area contributed by atoms with Gasteiger partial charge >= 0.3 is 6.18 Å². The van der Waals surface area contributed by atoms with Crippen molar-refractivity contribution in [2.24, 2.45) is 5.73 Å². The third-order valence-electron chi connectivity index (χ3n) is 2.77. The number of carbonyl (C=O) groups is 1. The molecule has 0 unspecified atom stereocenters. The van der Waals surface area contributed by atoms with Gasteiger partial charge in [0.1, 0.15) is 12.4 Å². The van der Waals surface area contributed by atoms with Gasteiger partial charge in [0.15, 0.2) is 0 Å². The molecule has 0 saturated carbocycles. The predicted molar refractivity (Wildman–Crippen MR) is 65.7 cm³/mol. The number of aromatic nitrogens is 2. The summed E-state index contributed by atoms with van der Waals surface area (Å²) in [5.74, 6) is 0.0697. The van der Waals surface area contributed by atoms with Gasteiger partial charge in [-0.05, 0) is 17.7 Å². The van der Waals surface area contributed by atoms with Crippen molar-refractivity contribution in [1.29, 1.82) is 0 Å². The summed E-state index contributed by atoms with van der Waals surface area (Å²) in [4.78, 5) is 14.9. The van der Waals surface area contributed by atoms with Gasteiger partial charge in [0.05, 0.1) is 5.56 Å². The first-order valence-electron chi connectivity index (χ1n) is 5.80. The van der Waals surface area contributed by atoms with E-state index in [1.165, 1.54) is 18.3 Å². The molecule has 4 nitrogen and oxygen atoms in total. The van der Waals surface area contributed by atoms with E-state index in [0.29, 0.717) is 17.8 Å². The average Bonchev–Trinajstić information content (AvgIpc) is 2.75. The second kappa shape index (κ2) is 5.36. The highest BCUT2D eigenvalue weighted by atomic mass is 19.4. The quantitative estimate of drug-likeness (QED) is 0.932. The average molecular weight is 283 g/mol. The van der Waals surface area contributed by atoms with Crippen LogP contribution in [0.4, 0.5) is 13.2 Å². The van der Waals surface area contributed by atoms with Crippen molar-refractivity contribution in [2.75, 3.05) is 0 Å². The number of benzene rings is 1. The molecule has 0 spiro atoms. The van der Waals surface area contributed by atoms with E-state index in [1.54, 1.807) is 10.8 Å². The van der Waals surface area contributed by atoms with E-state index in [4.69, 9.17) is 5.73 Å². The molecule has 7 heteroatoms. The van der Waals surface area contributed by atoms with Crippen molar-refractivity contribution in [3.05, 3.63) is 53.6 Å². The number of nitrogens with zero attached hydrogens (tertiary/aromatic N) is 2. The molecule has 1 aromatic carbocycles. The molecule has 1 heterocycles. The molecule has 0 atom stereocenters. The van der Waals surface area contributed by atoms with Gasteiger partial charge < -0.3 is 10.3 Å². The van der Waals surface area contributed by atoms with Crippen LogP contribution < -0.4 is 5.73 Å². The standard InChI is InChI=1S/C13H12F3N3O/c14-13(15,16)10-3-1-9(2-4-10)7-12-18-5-6-19(12)8-11(17)20/h1-6H,7-8H2,(H2,17,20). The Morgan fingerprint density at radius 2 is 1.90 bits per heavy atom. The van der Waals surface area contributed by atoms with Gasteiger partial charge in [-0.15, -0.1) is 0 Å². The van der Waals surface area contributed by atoms with Gasteiger partial charge in [-0.1, -0.05) is 12.1 Å². The number of primary amides is 1. The number of carbonyl (C=O) groups excluding carboxylic acids is 1. The van der Waals surface area contributed by atoms with E-state index in [9.17, 15) is 18.0 Å². The molecule has 1 amide bonds. The fourth-order valence-electron chi connectivity index (χ4n) is 1.81. The molecule has 2 rings (SSSR count). The molecule has 0 radical (unpaired) electrons. The summed E-state index contributed by atoms with van der Waals surface area (Å²) in [7, 11) is 0. The topological polar surface area (TPSA) is 60.9 Å². The van der Waals surface area contributed by atoms with Crippen molar-refractivity contribution in [1.82, 2.24) is 9.55 Å². The van der Waals surface area contributed by atoms with Crippen molar-refractivity contribution in [2.45, 2.75) is 19.1 Å². The van der Waals surface area contributed by atoms with Crippen LogP contribution in [0.15, 0.2) is 36.7 Å². The Balaban J connectivity index is 2.15. The smallest absolute Gasteiger partial charge is 0.368 e. The van der Waals surface area contributed by atoms with Crippen LogP contribution in [0.3, 0.4) is 0 Å². The first-order chi connectivity index (χ1) is 9.36. The van der Waals surface area contributed by atoms with Crippen molar-refractivity contribution in [3.8, 4) is 0 Å². The lowest BCUT2D eigenvalue weighted by Crippen LogP contribution is -2.19. The number of halogens is 3. The Hall–Kier alpha value is -2.31. The molecular weight excluding hydrogens is 271 g/mol. The number of hydrogen-bond acceptors (Lipinski definition) is 2. The number of imidazole rings is 1. The van der Waals surface area contributed by atoms with E-state index in [0.717, 1.165) is 12.1 Å². The maximum Gasteiger partial charge on any atom is 0.416 e. The molecule has 20 heavy (non-hydrogen) atoms. The van der Waals surface area contributed by atoms with Crippen molar-refractivity contribution < 1.29 is 18.0 Å². The molecule has 0 bridgehead atoms. The second-order valence-electron chi connectivity index (χ2n) is 4.31. The number of rotatable bonds is 4. The van der Waals surface area contributed by atoms with Gasteiger partial charge in [-0.3, -0.25) is 4.79 Å². The van der Waals surface area contributed by atoms with E-state index in [-0.39, 0.29) is 6.54 Å². The summed E-state index contributed by atoms with van der Waals surface area (Å²) < 4.78 is 38.9. The highest BCUT2D eigenvalue weighted by molar-refractivity contribution is 5.73. The van der Waals surface area contributed by atoms with Crippen molar-refractivity contribution >= 4 is 5.91 Å². The Morgan fingerprint density at radius 3 is 2.45 bits per heavy atom. The minimum Gasteiger partial charge on any atom is -0.368 e. The predicted octanol–water partition coefficient (Wildman–Crippen LogP) is 1.98. The third-order valence-corrected chi connectivity index (χ3v) is 2.77. The molecular formula is C13H12F3N3O. The zero-order chi connectivity index (χ0) is 14.8. The molecule has 0 aliphatic rings. The Kier molecular flexibility index (Phi) is 3.78. The van der Waals surface area contributed by atoms with Crippen LogP contribution in [-0.2, 0) is 23.9 Å². The van der Waals surface area contributed by atoms with Crippen LogP contribution in [0.1, 0.15) is 17.0 Å². The Bertz CT molecular complexity index is 602. The lowest BCUT2D eigenvalue weighted by atomic mass is 10.1. The SMILES string of the molecule is NC(=O)Cn1ccnc1Cc1ccc(C(F)(F)F)cc1. The highest BCUT2D eigenvalue weighted by Crippen LogP contribution is 2.29. The lowest BCUT2D eigenvalue weighted by molar-refractivity contribution is -0.137. The molecule has 106 valence electrons. The van der Waals surface area contributed by atoms with Crippen LogP contribution in [-0.4, -0.2) is 15.5 Å². The largest absolute Gasteiger partial charge is 0.416 e. The Morgan fingerprint density at radius 1 is 1.25 bits per heavy atom. The van der Waals surface area contributed by atoms with Gasteiger partial charge in [-0.2, -0.15) is 13.2 Å². The molecule has 1 aromatic heterocycles. The molecule has 0 aliphatic carbocycles. The number of hydrogen-bond donors (Lipinski definition) is 1. The molecule has 0 aliphatic heterocycles. The maximum atomic E-state index is 12.4. The first kappa shape index (κ1) is 14.1. The van der Waals surface area contributed by atoms with Crippen LogP contribution in [0.25, 0.3) is 0 Å². The summed E-state index contributed by atoms with van der Waals surface area (Å²) in [6.45, 7) is -0.00400. The van der Waals surface area contributed by atoms with Crippen molar-refractivity contribution in [3.63, 3.8) is 0 Å². The lowest BCUT2D eigenvalue weighted by Gasteiger charge is -2.08. The summed E-state index contributed by atoms with van der Waals surface area (Å²) >= 11 is 0. The summed E-state index contributed by atoms with van der Waals surface area (Å²) in [5.41, 5.74) is 5.08. The summed E-state index contributed by atoms with van der Waals surface area (Å²) in [6, 6.07) is 4.84. The van der Waals surface area contributed by atoms with Crippen LogP contribution in [0, 0.1) is 0 Å². The van der Waals surface area contributed by atoms with E-state index in [2.05, 4.69) is 4.98 Å². The number of nitrogens with two attached hydrogens (primary N) is 1. The first-order valence-corrected chi connectivity index (χ1v) is 5.80. The van der Waals surface area contributed by atoms with Gasteiger partial charge in [0, 0.05) is 18.8 Å². The normalized spacial score (nSPS) is 11.6. The summed E-state index contributed by atoms with van der Waals surface area (Å²) in [5, 5.41) is 0.